The van der Waals surface area contributed by atoms with E-state index in [1.54, 1.807) is 0 Å². The Kier molecular flexibility index (Phi) is 8.87. The molecule has 1 atom stereocenters. The smallest absolute Gasteiger partial charge is 0.403 e. The van der Waals surface area contributed by atoms with Crippen LogP contribution in [0.2, 0.25) is 0 Å². The highest BCUT2D eigenvalue weighted by Gasteiger charge is 2.36. The molecule has 7 nitrogen and oxygen atoms in total. The van der Waals surface area contributed by atoms with Crippen LogP contribution in [0.3, 0.4) is 0 Å². The van der Waals surface area contributed by atoms with Crippen LogP contribution in [0.1, 0.15) is 52.1 Å². The summed E-state index contributed by atoms with van der Waals surface area (Å²) >= 11 is 0. The number of nitrogens with one attached hydrogen (secondary N) is 1. The highest BCUT2D eigenvalue weighted by molar-refractivity contribution is 5.77. The highest BCUT2D eigenvalue weighted by Crippen LogP contribution is 2.23. The number of nitrogens with zero attached hydrogens (tertiary/aromatic N) is 2. The van der Waals surface area contributed by atoms with Crippen LogP contribution < -0.4 is 21.3 Å². The first kappa shape index (κ1) is 24.7. The van der Waals surface area contributed by atoms with Crippen molar-refractivity contribution in [3.8, 4) is 5.75 Å². The van der Waals surface area contributed by atoms with Gasteiger partial charge in [-0.2, -0.15) is 18.3 Å². The van der Waals surface area contributed by atoms with Crippen molar-refractivity contribution in [2.75, 3.05) is 6.61 Å². The molecule has 3 N–H and O–H groups in total. The molecule has 0 aliphatic heterocycles. The Morgan fingerprint density at radius 3 is 2.48 bits per heavy atom. The second-order valence-corrected chi connectivity index (χ2v) is 7.59. The number of carbonyl (C=O) groups is 1. The maximum Gasteiger partial charge on any atom is 0.403 e. The van der Waals surface area contributed by atoms with E-state index in [9.17, 15) is 22.8 Å². The van der Waals surface area contributed by atoms with Gasteiger partial charge in [-0.25, -0.2) is 4.68 Å². The molecule has 0 spiro atoms. The van der Waals surface area contributed by atoms with E-state index in [-0.39, 0.29) is 24.0 Å². The maximum absolute atomic E-state index is 12.4. The van der Waals surface area contributed by atoms with Gasteiger partial charge in [0.1, 0.15) is 24.0 Å². The first-order valence-corrected chi connectivity index (χ1v) is 9.36. The SMILES string of the molecule is C=C(CCC(N)C(F)(F)F)NC(=O)Cn1nc(C(C)C)c(OCC(C)C)cc1=O. The topological polar surface area (TPSA) is 99.2 Å². The van der Waals surface area contributed by atoms with E-state index in [4.69, 9.17) is 10.5 Å². The molecule has 0 saturated heterocycles. The van der Waals surface area contributed by atoms with Gasteiger partial charge in [0, 0.05) is 17.7 Å². The number of allylic oxidation sites excluding steroid dienone is 1. The van der Waals surface area contributed by atoms with Crippen molar-refractivity contribution in [1.82, 2.24) is 15.1 Å². The number of rotatable bonds is 10. The van der Waals surface area contributed by atoms with Gasteiger partial charge in [0.2, 0.25) is 5.91 Å². The van der Waals surface area contributed by atoms with Gasteiger partial charge in [-0.15, -0.1) is 0 Å². The Bertz CT molecular complexity index is 773. The molecule has 0 aliphatic carbocycles. The Morgan fingerprint density at radius 2 is 1.97 bits per heavy atom. The zero-order valence-electron chi connectivity index (χ0n) is 17.2. The Labute approximate surface area is 168 Å². The summed E-state index contributed by atoms with van der Waals surface area (Å²) in [4.78, 5) is 24.4. The molecular weight excluding hydrogens is 389 g/mol. The lowest BCUT2D eigenvalue weighted by molar-refractivity contribution is -0.148. The van der Waals surface area contributed by atoms with E-state index in [0.29, 0.717) is 18.1 Å². The molecule has 1 heterocycles. The van der Waals surface area contributed by atoms with Crippen LogP contribution in [0.5, 0.6) is 5.75 Å². The van der Waals surface area contributed by atoms with Crippen LogP contribution in [0, 0.1) is 5.92 Å². The summed E-state index contributed by atoms with van der Waals surface area (Å²) in [5.41, 5.74) is 5.13. The van der Waals surface area contributed by atoms with Gasteiger partial charge in [-0.1, -0.05) is 34.3 Å². The van der Waals surface area contributed by atoms with Gasteiger partial charge < -0.3 is 15.8 Å². The summed E-state index contributed by atoms with van der Waals surface area (Å²) in [5, 5.41) is 6.60. The maximum atomic E-state index is 12.4. The number of halogens is 3. The molecular formula is C19H29F3N4O3. The summed E-state index contributed by atoms with van der Waals surface area (Å²) in [6.45, 7) is 11.3. The van der Waals surface area contributed by atoms with Crippen LogP contribution >= 0.6 is 0 Å². The molecule has 1 aromatic rings. The first-order valence-electron chi connectivity index (χ1n) is 9.36. The van der Waals surface area contributed by atoms with Crippen molar-refractivity contribution in [2.45, 2.75) is 65.2 Å². The lowest BCUT2D eigenvalue weighted by atomic mass is 10.1. The molecule has 0 aliphatic rings. The van der Waals surface area contributed by atoms with E-state index in [0.717, 1.165) is 4.68 Å². The van der Waals surface area contributed by atoms with Crippen molar-refractivity contribution < 1.29 is 22.7 Å². The lowest BCUT2D eigenvalue weighted by Crippen LogP contribution is -2.38. The third-order valence-corrected chi connectivity index (χ3v) is 3.90. The van der Waals surface area contributed by atoms with Crippen molar-refractivity contribution in [3.05, 3.63) is 34.4 Å². The van der Waals surface area contributed by atoms with Gasteiger partial charge >= 0.3 is 6.18 Å². The molecule has 10 heteroatoms. The second-order valence-electron chi connectivity index (χ2n) is 7.59. The fourth-order valence-electron chi connectivity index (χ4n) is 2.30. The van der Waals surface area contributed by atoms with Gasteiger partial charge in [0.25, 0.3) is 5.56 Å². The largest absolute Gasteiger partial charge is 0.491 e. The van der Waals surface area contributed by atoms with Gasteiger partial charge in [-0.3, -0.25) is 9.59 Å². The minimum Gasteiger partial charge on any atom is -0.491 e. The summed E-state index contributed by atoms with van der Waals surface area (Å²) < 4.78 is 43.9. The fourth-order valence-corrected chi connectivity index (χ4v) is 2.30. The lowest BCUT2D eigenvalue weighted by Gasteiger charge is -2.17. The predicted molar refractivity (Wildman–Crippen MR) is 103 cm³/mol. The monoisotopic (exact) mass is 418 g/mol. The van der Waals surface area contributed by atoms with Crippen LogP contribution in [0.25, 0.3) is 0 Å². The molecule has 0 saturated carbocycles. The molecule has 0 aromatic carbocycles. The number of alkyl halides is 3. The molecule has 29 heavy (non-hydrogen) atoms. The quantitative estimate of drug-likeness (QED) is 0.609. The average molecular weight is 418 g/mol. The van der Waals surface area contributed by atoms with E-state index in [1.807, 2.05) is 27.7 Å². The Balaban J connectivity index is 2.79. The molecule has 164 valence electrons. The zero-order chi connectivity index (χ0) is 22.4. The minimum atomic E-state index is -4.51. The summed E-state index contributed by atoms with van der Waals surface area (Å²) in [6.07, 6.45) is -5.04. The van der Waals surface area contributed by atoms with Crippen LogP contribution in [-0.4, -0.2) is 34.5 Å². The molecule has 1 unspecified atom stereocenters. The number of hydrogen-bond acceptors (Lipinski definition) is 5. The third kappa shape index (κ3) is 8.26. The summed E-state index contributed by atoms with van der Waals surface area (Å²) in [5.74, 6) is -0.0257. The Hall–Kier alpha value is -2.36. The minimum absolute atomic E-state index is 0.0501. The molecule has 1 amide bonds. The number of ether oxygens (including phenoxy) is 1. The van der Waals surface area contributed by atoms with E-state index >= 15 is 0 Å². The van der Waals surface area contributed by atoms with Crippen molar-refractivity contribution in [3.63, 3.8) is 0 Å². The van der Waals surface area contributed by atoms with Gasteiger partial charge in [0.15, 0.2) is 0 Å². The van der Waals surface area contributed by atoms with Crippen LogP contribution in [-0.2, 0) is 11.3 Å². The molecule has 0 radical (unpaired) electrons. The van der Waals surface area contributed by atoms with Gasteiger partial charge in [0.05, 0.1) is 6.61 Å². The fraction of sp³-hybridized carbons (Fsp3) is 0.632. The highest BCUT2D eigenvalue weighted by atomic mass is 19.4. The molecule has 0 fully saturated rings. The molecule has 0 bridgehead atoms. The normalized spacial score (nSPS) is 12.9. The van der Waals surface area contributed by atoms with Crippen LogP contribution in [0.15, 0.2) is 23.1 Å². The van der Waals surface area contributed by atoms with Crippen LogP contribution in [0.4, 0.5) is 13.2 Å². The number of carbonyl (C=O) groups excluding carboxylic acids is 1. The van der Waals surface area contributed by atoms with Crippen molar-refractivity contribution in [1.29, 1.82) is 0 Å². The standard InChI is InChI=1S/C19H29F3N4O3/c1-11(2)10-29-14-8-17(28)26(25-18(14)12(3)4)9-16(27)24-13(5)6-7-15(23)19(20,21)22/h8,11-12,15H,5-7,9-10,23H2,1-4H3,(H,24,27). The van der Waals surface area contributed by atoms with E-state index < -0.39 is 36.7 Å². The number of nitrogens with two attached hydrogens (primary N) is 1. The molecule has 1 rings (SSSR count). The number of hydrogen-bond donors (Lipinski definition) is 2. The van der Waals surface area contributed by atoms with Crippen molar-refractivity contribution >= 4 is 5.91 Å². The van der Waals surface area contributed by atoms with Crippen molar-refractivity contribution in [2.24, 2.45) is 11.7 Å². The third-order valence-electron chi connectivity index (χ3n) is 3.90. The molecule has 1 aromatic heterocycles. The number of aromatic nitrogens is 2. The predicted octanol–water partition coefficient (Wildman–Crippen LogP) is 2.70. The van der Waals surface area contributed by atoms with Gasteiger partial charge in [-0.05, 0) is 18.8 Å². The average Bonchev–Trinajstić information content (AvgIpc) is 2.58. The zero-order valence-corrected chi connectivity index (χ0v) is 17.2. The number of amides is 1. The second kappa shape index (κ2) is 10.4. The Morgan fingerprint density at radius 1 is 1.34 bits per heavy atom. The summed E-state index contributed by atoms with van der Waals surface area (Å²) in [6, 6.07) is -0.706. The summed E-state index contributed by atoms with van der Waals surface area (Å²) in [7, 11) is 0. The van der Waals surface area contributed by atoms with E-state index in [2.05, 4.69) is 17.0 Å². The van der Waals surface area contributed by atoms with E-state index in [1.165, 1.54) is 6.07 Å². The first-order chi connectivity index (χ1) is 13.3.